The largest absolute Gasteiger partial charge is 0.455 e. The average molecular weight is 589 g/mol. The summed E-state index contributed by atoms with van der Waals surface area (Å²) in [7, 11) is 1.44. The van der Waals surface area contributed by atoms with Gasteiger partial charge in [0.25, 0.3) is 11.8 Å². The maximum atomic E-state index is 16.4. The van der Waals surface area contributed by atoms with Crippen LogP contribution < -0.4 is 10.6 Å². The Morgan fingerprint density at radius 3 is 2.45 bits per heavy atom. The number of aryl methyl sites for hydroxylation is 1. The second kappa shape index (κ2) is 10.4. The third kappa shape index (κ3) is 4.57. The maximum Gasteiger partial charge on any atom is 0.255 e. The molecular formula is C35H26F2N4O3. The van der Waals surface area contributed by atoms with Crippen molar-refractivity contribution in [1.82, 2.24) is 20.6 Å². The van der Waals surface area contributed by atoms with Crippen LogP contribution in [0.1, 0.15) is 44.8 Å². The van der Waals surface area contributed by atoms with Gasteiger partial charge in [0.15, 0.2) is 5.65 Å². The highest BCUT2D eigenvalue weighted by molar-refractivity contribution is 6.12. The molecule has 1 aliphatic carbocycles. The number of hydrogen-bond donors (Lipinski definition) is 2. The van der Waals surface area contributed by atoms with Crippen molar-refractivity contribution in [1.29, 1.82) is 0 Å². The minimum Gasteiger partial charge on any atom is -0.455 e. The predicted molar refractivity (Wildman–Crippen MR) is 163 cm³/mol. The maximum absolute atomic E-state index is 16.4. The van der Waals surface area contributed by atoms with E-state index in [1.807, 2.05) is 31.2 Å². The molecule has 2 amide bonds. The van der Waals surface area contributed by atoms with Gasteiger partial charge in [-0.15, -0.1) is 0 Å². The lowest BCUT2D eigenvalue weighted by atomic mass is 9.94. The fourth-order valence-corrected chi connectivity index (χ4v) is 5.64. The molecule has 0 atom stereocenters. The Morgan fingerprint density at radius 1 is 0.909 bits per heavy atom. The van der Waals surface area contributed by atoms with Crippen LogP contribution in [0.15, 0.2) is 89.5 Å². The van der Waals surface area contributed by atoms with Crippen molar-refractivity contribution in [2.75, 3.05) is 7.05 Å². The summed E-state index contributed by atoms with van der Waals surface area (Å²) in [4.78, 5) is 35.6. The molecule has 1 fully saturated rings. The Hall–Kier alpha value is -5.44. The molecule has 0 spiro atoms. The van der Waals surface area contributed by atoms with Crippen molar-refractivity contribution in [2.24, 2.45) is 0 Å². The zero-order chi connectivity index (χ0) is 30.6. The number of furan rings is 1. The summed E-state index contributed by atoms with van der Waals surface area (Å²) in [6.45, 7) is 1.83. The van der Waals surface area contributed by atoms with Gasteiger partial charge in [0.1, 0.15) is 23.0 Å². The molecule has 0 bridgehead atoms. The molecular weight excluding hydrogens is 562 g/mol. The topological polar surface area (TPSA) is 97.1 Å². The molecule has 0 unspecified atom stereocenters. The van der Waals surface area contributed by atoms with Crippen molar-refractivity contribution in [3.63, 3.8) is 0 Å². The Morgan fingerprint density at radius 2 is 1.70 bits per heavy atom. The second-order valence-corrected chi connectivity index (χ2v) is 11.0. The molecule has 3 heterocycles. The molecule has 1 aliphatic rings. The standard InChI is InChI=1S/C35H26F2N4O3/c1-19-5-6-22(33(42)41-35(15-16-35)27-14-9-21-4-3-17-39-32(21)40-27)18-25(19)24-12-13-26-28(30(24)37)29(34(43)38-2)31(44-26)20-7-10-23(36)11-8-20/h3-14,17-18H,15-16H2,1-2H3,(H,38,43)(H,41,42). The molecule has 6 aromatic rings. The number of benzene rings is 3. The van der Waals surface area contributed by atoms with Crippen LogP contribution in [0.2, 0.25) is 0 Å². The van der Waals surface area contributed by atoms with Crippen molar-refractivity contribution in [3.8, 4) is 22.5 Å². The van der Waals surface area contributed by atoms with E-state index < -0.39 is 23.1 Å². The number of rotatable bonds is 6. The first-order valence-corrected chi connectivity index (χ1v) is 14.2. The van der Waals surface area contributed by atoms with Crippen molar-refractivity contribution < 1.29 is 22.8 Å². The van der Waals surface area contributed by atoms with Crippen LogP contribution >= 0.6 is 0 Å². The monoisotopic (exact) mass is 588 g/mol. The average Bonchev–Trinajstić information content (AvgIpc) is 3.72. The lowest BCUT2D eigenvalue weighted by molar-refractivity contribution is 0.0928. The van der Waals surface area contributed by atoms with E-state index in [9.17, 15) is 14.0 Å². The van der Waals surface area contributed by atoms with Gasteiger partial charge in [-0.1, -0.05) is 6.07 Å². The van der Waals surface area contributed by atoms with E-state index in [1.54, 1.807) is 36.5 Å². The van der Waals surface area contributed by atoms with Crippen LogP contribution in [-0.2, 0) is 5.54 Å². The minimum atomic E-state index is -0.662. The molecule has 0 radical (unpaired) electrons. The Balaban J connectivity index is 1.27. The van der Waals surface area contributed by atoms with Crippen LogP contribution in [0.5, 0.6) is 0 Å². The molecule has 0 saturated heterocycles. The molecule has 0 aliphatic heterocycles. The summed E-state index contributed by atoms with van der Waals surface area (Å²) in [6, 6.07) is 21.4. The van der Waals surface area contributed by atoms with Gasteiger partial charge in [-0.3, -0.25) is 9.59 Å². The van der Waals surface area contributed by atoms with E-state index in [0.29, 0.717) is 22.3 Å². The predicted octanol–water partition coefficient (Wildman–Crippen LogP) is 7.08. The molecule has 218 valence electrons. The highest BCUT2D eigenvalue weighted by Crippen LogP contribution is 2.45. The third-order valence-electron chi connectivity index (χ3n) is 8.20. The van der Waals surface area contributed by atoms with Crippen LogP contribution in [0.25, 0.3) is 44.5 Å². The van der Waals surface area contributed by atoms with Crippen molar-refractivity contribution >= 4 is 33.8 Å². The van der Waals surface area contributed by atoms with Crippen molar-refractivity contribution in [3.05, 3.63) is 119 Å². The number of carbonyl (C=O) groups is 2. The molecule has 44 heavy (non-hydrogen) atoms. The SMILES string of the molecule is CNC(=O)c1c(-c2ccc(F)cc2)oc2ccc(-c3cc(C(=O)NC4(c5ccc6cccnc6n5)CC4)ccc3C)c(F)c12. The summed E-state index contributed by atoms with van der Waals surface area (Å²) in [6.07, 6.45) is 3.17. The number of fused-ring (bicyclic) bond motifs is 2. The molecule has 3 aromatic heterocycles. The molecule has 2 N–H and O–H groups in total. The van der Waals surface area contributed by atoms with Gasteiger partial charge in [0, 0.05) is 35.3 Å². The quantitative estimate of drug-likeness (QED) is 0.217. The first-order valence-electron chi connectivity index (χ1n) is 14.2. The smallest absolute Gasteiger partial charge is 0.255 e. The Kier molecular flexibility index (Phi) is 6.46. The van der Waals surface area contributed by atoms with Gasteiger partial charge < -0.3 is 15.1 Å². The second-order valence-electron chi connectivity index (χ2n) is 11.0. The number of nitrogens with zero attached hydrogens (tertiary/aromatic N) is 2. The number of pyridine rings is 2. The van der Waals surface area contributed by atoms with Gasteiger partial charge in [-0.2, -0.15) is 0 Å². The molecule has 3 aromatic carbocycles. The summed E-state index contributed by atoms with van der Waals surface area (Å²) < 4.78 is 36.0. The van der Waals surface area contributed by atoms with Gasteiger partial charge in [-0.25, -0.2) is 18.7 Å². The van der Waals surface area contributed by atoms with Gasteiger partial charge in [-0.05, 0) is 104 Å². The van der Waals surface area contributed by atoms with Gasteiger partial charge in [0.05, 0.1) is 22.2 Å². The van der Waals surface area contributed by atoms with Crippen LogP contribution in [0.4, 0.5) is 8.78 Å². The highest BCUT2D eigenvalue weighted by Gasteiger charge is 2.47. The van der Waals surface area contributed by atoms with E-state index in [0.717, 1.165) is 29.5 Å². The minimum absolute atomic E-state index is 0.00310. The highest BCUT2D eigenvalue weighted by atomic mass is 19.1. The summed E-state index contributed by atoms with van der Waals surface area (Å²) in [5, 5.41) is 6.62. The number of aromatic nitrogens is 2. The molecule has 7 nitrogen and oxygen atoms in total. The molecule has 7 rings (SSSR count). The first-order chi connectivity index (χ1) is 21.3. The number of halogens is 2. The fourth-order valence-electron chi connectivity index (χ4n) is 5.64. The van der Waals surface area contributed by atoms with Crippen LogP contribution in [0.3, 0.4) is 0 Å². The number of hydrogen-bond acceptors (Lipinski definition) is 5. The zero-order valence-electron chi connectivity index (χ0n) is 23.9. The van der Waals surface area contributed by atoms with E-state index in [4.69, 9.17) is 9.40 Å². The lowest BCUT2D eigenvalue weighted by Crippen LogP contribution is -2.35. The zero-order valence-corrected chi connectivity index (χ0v) is 23.9. The summed E-state index contributed by atoms with van der Waals surface area (Å²) in [5.41, 5.74) is 3.21. The number of amides is 2. The van der Waals surface area contributed by atoms with Gasteiger partial charge >= 0.3 is 0 Å². The normalized spacial score (nSPS) is 13.6. The Labute approximate surface area is 251 Å². The van der Waals surface area contributed by atoms with Crippen LogP contribution in [0, 0.1) is 18.6 Å². The lowest BCUT2D eigenvalue weighted by Gasteiger charge is -2.18. The van der Waals surface area contributed by atoms with E-state index in [1.165, 1.54) is 31.3 Å². The number of nitrogens with one attached hydrogen (secondary N) is 2. The molecule has 1 saturated carbocycles. The fraction of sp³-hybridized carbons (Fsp3) is 0.143. The van der Waals surface area contributed by atoms with Crippen LogP contribution in [-0.4, -0.2) is 28.8 Å². The summed E-state index contributed by atoms with van der Waals surface area (Å²) >= 11 is 0. The summed E-state index contributed by atoms with van der Waals surface area (Å²) in [5.74, 6) is -1.83. The Bertz CT molecular complexity index is 2120. The number of carbonyl (C=O) groups excluding carboxylic acids is 2. The first kappa shape index (κ1) is 27.4. The van der Waals surface area contributed by atoms with E-state index in [-0.39, 0.29) is 33.8 Å². The van der Waals surface area contributed by atoms with E-state index in [2.05, 4.69) is 15.6 Å². The third-order valence-corrected chi connectivity index (χ3v) is 8.20. The van der Waals surface area contributed by atoms with Crippen molar-refractivity contribution in [2.45, 2.75) is 25.3 Å². The van der Waals surface area contributed by atoms with Gasteiger partial charge in [0.2, 0.25) is 0 Å². The molecule has 9 heteroatoms. The van der Waals surface area contributed by atoms with E-state index >= 15 is 4.39 Å².